The third kappa shape index (κ3) is 3.93. The number of nitrogens with one attached hydrogen (secondary N) is 1. The molecule has 1 rings (SSSR count). The Labute approximate surface area is 103 Å². The molecule has 3 nitrogen and oxygen atoms in total. The zero-order valence-corrected chi connectivity index (χ0v) is 10.9. The highest BCUT2D eigenvalue weighted by molar-refractivity contribution is 5.40. The molecule has 17 heavy (non-hydrogen) atoms. The predicted octanol–water partition coefficient (Wildman–Crippen LogP) is 3.18. The van der Waals surface area contributed by atoms with Crippen LogP contribution in [0, 0.1) is 5.92 Å². The minimum atomic E-state index is 0.0937. The lowest BCUT2D eigenvalue weighted by molar-refractivity contribution is 0.406. The van der Waals surface area contributed by atoms with Gasteiger partial charge in [0.1, 0.15) is 11.5 Å². The van der Waals surface area contributed by atoms with E-state index in [0.717, 1.165) is 24.9 Å². The summed E-state index contributed by atoms with van der Waals surface area (Å²) in [5.74, 6) is 0.921. The van der Waals surface area contributed by atoms with Crippen molar-refractivity contribution >= 4 is 0 Å². The number of rotatable bonds is 6. The maximum Gasteiger partial charge on any atom is 0.124 e. The van der Waals surface area contributed by atoms with Gasteiger partial charge in [-0.2, -0.15) is 0 Å². The third-order valence-corrected chi connectivity index (χ3v) is 3.35. The second kappa shape index (κ2) is 6.50. The van der Waals surface area contributed by atoms with Crippen LogP contribution in [0.25, 0.3) is 0 Å². The number of aromatic hydroxyl groups is 2. The Morgan fingerprint density at radius 1 is 1.18 bits per heavy atom. The molecular formula is C14H23NO2. The van der Waals surface area contributed by atoms with Gasteiger partial charge in [0, 0.05) is 17.7 Å². The zero-order valence-electron chi connectivity index (χ0n) is 10.9. The van der Waals surface area contributed by atoms with E-state index in [2.05, 4.69) is 19.2 Å². The van der Waals surface area contributed by atoms with Crippen LogP contribution in [-0.2, 0) is 0 Å². The maximum atomic E-state index is 9.74. The Morgan fingerprint density at radius 3 is 2.35 bits per heavy atom. The van der Waals surface area contributed by atoms with E-state index < -0.39 is 0 Å². The fraction of sp³-hybridized carbons (Fsp3) is 0.571. The van der Waals surface area contributed by atoms with Crippen molar-refractivity contribution < 1.29 is 10.2 Å². The molecule has 0 aromatic heterocycles. The Kier molecular flexibility index (Phi) is 5.29. The SMILES string of the molecule is CCC(CC)CNC(C)c1ccc(O)cc1O. The molecule has 0 aliphatic rings. The summed E-state index contributed by atoms with van der Waals surface area (Å²) < 4.78 is 0. The molecule has 3 N–H and O–H groups in total. The van der Waals surface area contributed by atoms with Gasteiger partial charge in [0.05, 0.1) is 0 Å². The highest BCUT2D eigenvalue weighted by Crippen LogP contribution is 2.27. The molecule has 1 aromatic carbocycles. The van der Waals surface area contributed by atoms with Crippen LogP contribution in [0.5, 0.6) is 11.5 Å². The molecule has 0 saturated heterocycles. The van der Waals surface area contributed by atoms with Crippen molar-refractivity contribution in [2.45, 2.75) is 39.7 Å². The number of phenols is 2. The summed E-state index contributed by atoms with van der Waals surface area (Å²) in [5.41, 5.74) is 0.828. The van der Waals surface area contributed by atoms with E-state index in [1.807, 2.05) is 6.92 Å². The molecule has 1 unspecified atom stereocenters. The summed E-state index contributed by atoms with van der Waals surface area (Å²) in [7, 11) is 0. The monoisotopic (exact) mass is 237 g/mol. The molecule has 3 heteroatoms. The van der Waals surface area contributed by atoms with Gasteiger partial charge in [0.2, 0.25) is 0 Å². The van der Waals surface area contributed by atoms with Gasteiger partial charge in [-0.05, 0) is 25.5 Å². The van der Waals surface area contributed by atoms with E-state index >= 15 is 0 Å². The number of benzene rings is 1. The molecule has 0 aliphatic heterocycles. The smallest absolute Gasteiger partial charge is 0.124 e. The first-order valence-electron chi connectivity index (χ1n) is 6.33. The van der Waals surface area contributed by atoms with E-state index in [-0.39, 0.29) is 17.5 Å². The van der Waals surface area contributed by atoms with Crippen LogP contribution in [0.15, 0.2) is 18.2 Å². The molecule has 0 amide bonds. The average molecular weight is 237 g/mol. The average Bonchev–Trinajstić information content (AvgIpc) is 2.30. The molecule has 1 aromatic rings. The summed E-state index contributed by atoms with van der Waals surface area (Å²) in [6.07, 6.45) is 2.33. The van der Waals surface area contributed by atoms with E-state index in [4.69, 9.17) is 0 Å². The molecule has 0 fully saturated rings. The summed E-state index contributed by atoms with van der Waals surface area (Å²) in [5, 5.41) is 22.4. The van der Waals surface area contributed by atoms with Crippen LogP contribution in [0.4, 0.5) is 0 Å². The lowest BCUT2D eigenvalue weighted by atomic mass is 10.0. The highest BCUT2D eigenvalue weighted by Gasteiger charge is 2.12. The van der Waals surface area contributed by atoms with E-state index in [1.165, 1.54) is 6.07 Å². The van der Waals surface area contributed by atoms with Crippen molar-refractivity contribution in [2.75, 3.05) is 6.54 Å². The number of phenolic OH excluding ortho intramolecular Hbond substituents is 2. The predicted molar refractivity (Wildman–Crippen MR) is 70.3 cm³/mol. The van der Waals surface area contributed by atoms with Gasteiger partial charge in [-0.3, -0.25) is 0 Å². The van der Waals surface area contributed by atoms with Crippen LogP contribution >= 0.6 is 0 Å². The lowest BCUT2D eigenvalue weighted by Gasteiger charge is -2.19. The highest BCUT2D eigenvalue weighted by atomic mass is 16.3. The standard InChI is InChI=1S/C14H23NO2/c1-4-11(5-2)9-15-10(3)13-7-6-12(16)8-14(13)17/h6-8,10-11,15-17H,4-5,9H2,1-3H3. The van der Waals surface area contributed by atoms with Crippen molar-refractivity contribution in [3.63, 3.8) is 0 Å². The number of hydrogen-bond acceptors (Lipinski definition) is 3. The molecule has 0 heterocycles. The second-order valence-electron chi connectivity index (χ2n) is 4.56. The van der Waals surface area contributed by atoms with Gasteiger partial charge in [-0.15, -0.1) is 0 Å². The van der Waals surface area contributed by atoms with Crippen molar-refractivity contribution in [3.8, 4) is 11.5 Å². The molecule has 96 valence electrons. The van der Waals surface area contributed by atoms with Crippen molar-refractivity contribution in [3.05, 3.63) is 23.8 Å². The van der Waals surface area contributed by atoms with E-state index in [9.17, 15) is 10.2 Å². The number of hydrogen-bond donors (Lipinski definition) is 3. The Balaban J connectivity index is 2.60. The molecule has 0 radical (unpaired) electrons. The normalized spacial score (nSPS) is 12.9. The maximum absolute atomic E-state index is 9.74. The topological polar surface area (TPSA) is 52.5 Å². The Hall–Kier alpha value is -1.22. The largest absolute Gasteiger partial charge is 0.508 e. The summed E-state index contributed by atoms with van der Waals surface area (Å²) >= 11 is 0. The molecule has 0 saturated carbocycles. The van der Waals surface area contributed by atoms with Crippen molar-refractivity contribution in [1.82, 2.24) is 5.32 Å². The minimum Gasteiger partial charge on any atom is -0.508 e. The second-order valence-corrected chi connectivity index (χ2v) is 4.56. The first-order chi connectivity index (χ1) is 8.08. The Morgan fingerprint density at radius 2 is 1.82 bits per heavy atom. The van der Waals surface area contributed by atoms with Crippen molar-refractivity contribution in [1.29, 1.82) is 0 Å². The summed E-state index contributed by atoms with van der Waals surface area (Å²) in [4.78, 5) is 0. The first kappa shape index (κ1) is 13.8. The zero-order chi connectivity index (χ0) is 12.8. The molecule has 0 spiro atoms. The molecule has 0 bridgehead atoms. The third-order valence-electron chi connectivity index (χ3n) is 3.35. The minimum absolute atomic E-state index is 0.0937. The Bertz CT molecular complexity index is 348. The first-order valence-corrected chi connectivity index (χ1v) is 6.33. The lowest BCUT2D eigenvalue weighted by Crippen LogP contribution is -2.25. The molecule has 0 aliphatic carbocycles. The van der Waals surface area contributed by atoms with Crippen LogP contribution < -0.4 is 5.32 Å². The van der Waals surface area contributed by atoms with E-state index in [0.29, 0.717) is 5.92 Å². The van der Waals surface area contributed by atoms with Crippen LogP contribution in [0.2, 0.25) is 0 Å². The van der Waals surface area contributed by atoms with E-state index in [1.54, 1.807) is 12.1 Å². The fourth-order valence-corrected chi connectivity index (χ4v) is 1.93. The van der Waals surface area contributed by atoms with Crippen molar-refractivity contribution in [2.24, 2.45) is 5.92 Å². The quantitative estimate of drug-likeness (QED) is 0.712. The van der Waals surface area contributed by atoms with Gasteiger partial charge >= 0.3 is 0 Å². The van der Waals surface area contributed by atoms with Crippen LogP contribution in [-0.4, -0.2) is 16.8 Å². The molecular weight excluding hydrogens is 214 g/mol. The van der Waals surface area contributed by atoms with Gasteiger partial charge in [-0.1, -0.05) is 32.8 Å². The van der Waals surface area contributed by atoms with Gasteiger partial charge < -0.3 is 15.5 Å². The van der Waals surface area contributed by atoms with Crippen LogP contribution in [0.1, 0.15) is 45.2 Å². The van der Waals surface area contributed by atoms with Gasteiger partial charge in [0.25, 0.3) is 0 Å². The van der Waals surface area contributed by atoms with Gasteiger partial charge in [0.15, 0.2) is 0 Å². The summed E-state index contributed by atoms with van der Waals surface area (Å²) in [6.45, 7) is 7.36. The fourth-order valence-electron chi connectivity index (χ4n) is 1.93. The molecule has 1 atom stereocenters. The van der Waals surface area contributed by atoms with Crippen LogP contribution in [0.3, 0.4) is 0 Å². The summed E-state index contributed by atoms with van der Waals surface area (Å²) in [6, 6.07) is 4.83. The van der Waals surface area contributed by atoms with Gasteiger partial charge in [-0.25, -0.2) is 0 Å².